The molecule has 1 saturated carbocycles. The maximum absolute atomic E-state index is 14.3. The summed E-state index contributed by atoms with van der Waals surface area (Å²) in [7, 11) is 0. The molecule has 5 rings (SSSR count). The highest BCUT2D eigenvalue weighted by molar-refractivity contribution is 5.90. The molecule has 2 aromatic carbocycles. The molecule has 1 N–H and O–H groups in total. The van der Waals surface area contributed by atoms with Gasteiger partial charge in [-0.2, -0.15) is 0 Å². The summed E-state index contributed by atoms with van der Waals surface area (Å²) in [5.74, 6) is -1.94. The molecule has 1 aliphatic carbocycles. The van der Waals surface area contributed by atoms with Crippen molar-refractivity contribution < 1.29 is 23.4 Å². The SMILES string of the molecule is Cc1cc(-n2c3c(c4cc(F)ccc42)[C@]2(C[C@H](C(=O)O)C2)OCC3(C)C)ccc1F. The zero-order chi connectivity index (χ0) is 21.4. The maximum Gasteiger partial charge on any atom is 0.306 e. The van der Waals surface area contributed by atoms with Gasteiger partial charge in [-0.1, -0.05) is 13.8 Å². The Kier molecular flexibility index (Phi) is 3.94. The van der Waals surface area contributed by atoms with E-state index in [1.807, 2.05) is 0 Å². The predicted molar refractivity (Wildman–Crippen MR) is 109 cm³/mol. The second-order valence-corrected chi connectivity index (χ2v) is 9.26. The number of benzene rings is 2. The van der Waals surface area contributed by atoms with Gasteiger partial charge in [0.2, 0.25) is 0 Å². The minimum atomic E-state index is -0.834. The molecule has 0 unspecified atom stereocenters. The number of fused-ring (bicyclic) bond motifs is 4. The molecule has 0 radical (unpaired) electrons. The Morgan fingerprint density at radius 1 is 1.17 bits per heavy atom. The lowest BCUT2D eigenvalue weighted by atomic mass is 9.63. The van der Waals surface area contributed by atoms with Crippen molar-refractivity contribution in [1.82, 2.24) is 4.57 Å². The number of carbonyl (C=O) groups is 1. The van der Waals surface area contributed by atoms with Gasteiger partial charge in [-0.05, 0) is 61.7 Å². The summed E-state index contributed by atoms with van der Waals surface area (Å²) in [6.45, 7) is 6.27. The summed E-state index contributed by atoms with van der Waals surface area (Å²) < 4.78 is 36.7. The number of carboxylic acids is 1. The molecule has 1 aromatic heterocycles. The van der Waals surface area contributed by atoms with E-state index in [1.165, 1.54) is 18.2 Å². The number of hydrogen-bond donors (Lipinski definition) is 1. The van der Waals surface area contributed by atoms with Gasteiger partial charge >= 0.3 is 5.97 Å². The molecule has 1 fully saturated rings. The van der Waals surface area contributed by atoms with Crippen molar-refractivity contribution in [2.45, 2.75) is 44.6 Å². The van der Waals surface area contributed by atoms with Crippen molar-refractivity contribution in [3.8, 4) is 5.69 Å². The average molecular weight is 411 g/mol. The van der Waals surface area contributed by atoms with E-state index in [-0.39, 0.29) is 11.6 Å². The van der Waals surface area contributed by atoms with Crippen molar-refractivity contribution in [1.29, 1.82) is 0 Å². The van der Waals surface area contributed by atoms with E-state index in [2.05, 4.69) is 18.4 Å². The predicted octanol–water partition coefficient (Wildman–Crippen LogP) is 5.21. The van der Waals surface area contributed by atoms with E-state index < -0.39 is 22.9 Å². The van der Waals surface area contributed by atoms with Crippen LogP contribution in [0.5, 0.6) is 0 Å². The van der Waals surface area contributed by atoms with Gasteiger partial charge in [0.25, 0.3) is 0 Å². The average Bonchev–Trinajstić information content (AvgIpc) is 2.99. The number of rotatable bonds is 2. The summed E-state index contributed by atoms with van der Waals surface area (Å²) in [6, 6.07) is 9.61. The smallest absolute Gasteiger partial charge is 0.306 e. The third kappa shape index (κ3) is 2.56. The first kappa shape index (κ1) is 19.2. The Morgan fingerprint density at radius 3 is 2.57 bits per heavy atom. The number of hydrogen-bond acceptors (Lipinski definition) is 2. The largest absolute Gasteiger partial charge is 0.481 e. The highest BCUT2D eigenvalue weighted by Gasteiger charge is 2.56. The lowest BCUT2D eigenvalue weighted by molar-refractivity contribution is -0.180. The number of aliphatic carboxylic acids is 1. The second-order valence-electron chi connectivity index (χ2n) is 9.26. The summed E-state index contributed by atoms with van der Waals surface area (Å²) in [5, 5.41) is 10.2. The van der Waals surface area contributed by atoms with Crippen LogP contribution in [0.4, 0.5) is 8.78 Å². The van der Waals surface area contributed by atoms with Crippen molar-refractivity contribution in [3.05, 3.63) is 64.9 Å². The lowest BCUT2D eigenvalue weighted by Gasteiger charge is -2.51. The van der Waals surface area contributed by atoms with Crippen LogP contribution in [0.15, 0.2) is 36.4 Å². The van der Waals surface area contributed by atoms with Crippen LogP contribution in [0.1, 0.15) is 43.5 Å². The minimum Gasteiger partial charge on any atom is -0.481 e. The van der Waals surface area contributed by atoms with Crippen molar-refractivity contribution in [2.24, 2.45) is 5.92 Å². The Hall–Kier alpha value is -2.73. The van der Waals surface area contributed by atoms with Crippen molar-refractivity contribution in [3.63, 3.8) is 0 Å². The fourth-order valence-electron chi connectivity index (χ4n) is 5.09. The first-order valence-electron chi connectivity index (χ1n) is 10.1. The number of aromatic nitrogens is 1. The zero-order valence-corrected chi connectivity index (χ0v) is 17.1. The molecule has 30 heavy (non-hydrogen) atoms. The Morgan fingerprint density at radius 2 is 1.90 bits per heavy atom. The molecule has 2 heterocycles. The molecular weight excluding hydrogens is 388 g/mol. The zero-order valence-electron chi connectivity index (χ0n) is 17.1. The van der Waals surface area contributed by atoms with Crippen LogP contribution in [-0.2, 0) is 20.5 Å². The Bertz CT molecular complexity index is 1200. The van der Waals surface area contributed by atoms with Gasteiger partial charge in [0.05, 0.1) is 23.6 Å². The normalized spacial score (nSPS) is 24.6. The van der Waals surface area contributed by atoms with Crippen LogP contribution in [0, 0.1) is 24.5 Å². The van der Waals surface area contributed by atoms with Crippen molar-refractivity contribution in [2.75, 3.05) is 6.61 Å². The fraction of sp³-hybridized carbons (Fsp3) is 0.375. The van der Waals surface area contributed by atoms with Gasteiger partial charge in [-0.15, -0.1) is 0 Å². The molecule has 1 spiro atoms. The summed E-state index contributed by atoms with van der Waals surface area (Å²) in [5.41, 5.74) is 2.85. The Balaban J connectivity index is 1.85. The van der Waals surface area contributed by atoms with Crippen LogP contribution in [0.3, 0.4) is 0 Å². The van der Waals surface area contributed by atoms with Gasteiger partial charge in [0.1, 0.15) is 11.6 Å². The molecule has 0 atom stereocenters. The standard InChI is InChI=1S/C24H23F2NO3/c1-13-8-16(5-6-18(13)26)27-19-7-4-15(25)9-17(19)20-21(27)23(2,3)12-30-24(20)10-14(11-24)22(28)29/h4-9,14H,10-12H2,1-3H3,(H,28,29)/t14-,24+. The number of ether oxygens (including phenoxy) is 1. The van der Waals surface area contributed by atoms with E-state index in [9.17, 15) is 18.7 Å². The minimum absolute atomic E-state index is 0.280. The number of nitrogens with zero attached hydrogens (tertiary/aromatic N) is 1. The monoisotopic (exact) mass is 411 g/mol. The molecule has 3 aromatic rings. The highest BCUT2D eigenvalue weighted by Crippen LogP contribution is 2.57. The van der Waals surface area contributed by atoms with Crippen LogP contribution >= 0.6 is 0 Å². The van der Waals surface area contributed by atoms with Crippen molar-refractivity contribution >= 4 is 16.9 Å². The third-order valence-corrected chi connectivity index (χ3v) is 6.64. The van der Waals surface area contributed by atoms with Gasteiger partial charge in [0.15, 0.2) is 0 Å². The van der Waals surface area contributed by atoms with Crippen LogP contribution in [0.25, 0.3) is 16.6 Å². The molecule has 0 bridgehead atoms. The van der Waals surface area contributed by atoms with E-state index >= 15 is 0 Å². The van der Waals surface area contributed by atoms with Gasteiger partial charge in [-0.25, -0.2) is 8.78 Å². The summed E-state index contributed by atoms with van der Waals surface area (Å²) >= 11 is 0. The second kappa shape index (κ2) is 6.14. The Labute approximate surface area is 173 Å². The van der Waals surface area contributed by atoms with Crippen LogP contribution in [-0.4, -0.2) is 22.2 Å². The number of halogens is 2. The van der Waals surface area contributed by atoms with Gasteiger partial charge in [0, 0.05) is 27.7 Å². The van der Waals surface area contributed by atoms with Crippen LogP contribution < -0.4 is 0 Å². The topological polar surface area (TPSA) is 51.5 Å². The molecule has 0 saturated heterocycles. The summed E-state index contributed by atoms with van der Waals surface area (Å²) in [4.78, 5) is 11.5. The summed E-state index contributed by atoms with van der Waals surface area (Å²) in [6.07, 6.45) is 0.729. The molecule has 2 aliphatic rings. The van der Waals surface area contributed by atoms with Gasteiger partial charge < -0.3 is 14.4 Å². The first-order chi connectivity index (χ1) is 14.1. The molecular formula is C24H23F2NO3. The van der Waals surface area contributed by atoms with E-state index in [4.69, 9.17) is 4.74 Å². The molecule has 0 amide bonds. The number of carboxylic acid groups (broad SMARTS) is 1. The van der Waals surface area contributed by atoms with E-state index in [0.29, 0.717) is 25.0 Å². The van der Waals surface area contributed by atoms with E-state index in [1.54, 1.807) is 25.1 Å². The highest BCUT2D eigenvalue weighted by atomic mass is 19.1. The third-order valence-electron chi connectivity index (χ3n) is 6.64. The molecule has 156 valence electrons. The van der Waals surface area contributed by atoms with Crippen LogP contribution in [0.2, 0.25) is 0 Å². The number of aryl methyl sites for hydroxylation is 1. The quantitative estimate of drug-likeness (QED) is 0.629. The first-order valence-corrected chi connectivity index (χ1v) is 10.1. The molecule has 4 nitrogen and oxygen atoms in total. The van der Waals surface area contributed by atoms with E-state index in [0.717, 1.165) is 27.8 Å². The lowest BCUT2D eigenvalue weighted by Crippen LogP contribution is -2.52. The molecule has 6 heteroatoms. The molecule has 1 aliphatic heterocycles. The maximum atomic E-state index is 14.3. The fourth-order valence-corrected chi connectivity index (χ4v) is 5.09. The van der Waals surface area contributed by atoms with Gasteiger partial charge in [-0.3, -0.25) is 4.79 Å².